The molecule has 0 bridgehead atoms. The summed E-state index contributed by atoms with van der Waals surface area (Å²) in [5, 5.41) is 10.2. The molecule has 17 heavy (non-hydrogen) atoms. The molecule has 5 heteroatoms. The van der Waals surface area contributed by atoms with Crippen molar-refractivity contribution in [1.29, 1.82) is 0 Å². The highest BCUT2D eigenvalue weighted by molar-refractivity contribution is 5.78. The molecule has 1 saturated carbocycles. The molecule has 0 radical (unpaired) electrons. The van der Waals surface area contributed by atoms with Crippen LogP contribution in [0.2, 0.25) is 0 Å². The molecular formula is C12H23N3O2. The maximum atomic E-state index is 10.2. The Morgan fingerprint density at radius 1 is 1.53 bits per heavy atom. The molecule has 2 aliphatic rings. The number of hydrogen-bond donors (Lipinski definition) is 2. The van der Waals surface area contributed by atoms with Crippen LogP contribution in [0.4, 0.5) is 0 Å². The van der Waals surface area contributed by atoms with Gasteiger partial charge in [-0.3, -0.25) is 4.99 Å². The minimum Gasteiger partial charge on any atom is -0.388 e. The molecule has 1 heterocycles. The minimum absolute atomic E-state index is 0.201. The van der Waals surface area contributed by atoms with E-state index in [1.807, 2.05) is 11.8 Å². The molecule has 0 aromatic rings. The van der Waals surface area contributed by atoms with Gasteiger partial charge in [-0.1, -0.05) is 12.8 Å². The SMILES string of the molecule is CC1CN(C(N)=NCC2(O)CCCC2)CCO1. The van der Waals surface area contributed by atoms with Gasteiger partial charge in [0.15, 0.2) is 5.96 Å². The lowest BCUT2D eigenvalue weighted by atomic mass is 10.0. The number of aliphatic hydroxyl groups is 1. The first-order valence-corrected chi connectivity index (χ1v) is 6.48. The maximum absolute atomic E-state index is 10.2. The first-order valence-electron chi connectivity index (χ1n) is 6.48. The van der Waals surface area contributed by atoms with E-state index < -0.39 is 5.60 Å². The van der Waals surface area contributed by atoms with Crippen molar-refractivity contribution in [2.75, 3.05) is 26.2 Å². The van der Waals surface area contributed by atoms with Crippen molar-refractivity contribution in [3.63, 3.8) is 0 Å². The van der Waals surface area contributed by atoms with Crippen molar-refractivity contribution < 1.29 is 9.84 Å². The average molecular weight is 241 g/mol. The van der Waals surface area contributed by atoms with Gasteiger partial charge in [-0.05, 0) is 19.8 Å². The molecule has 1 unspecified atom stereocenters. The van der Waals surface area contributed by atoms with E-state index in [0.29, 0.717) is 19.1 Å². The average Bonchev–Trinajstić information content (AvgIpc) is 2.74. The fourth-order valence-corrected chi connectivity index (χ4v) is 2.55. The minimum atomic E-state index is -0.609. The zero-order valence-corrected chi connectivity index (χ0v) is 10.6. The van der Waals surface area contributed by atoms with Gasteiger partial charge in [-0.2, -0.15) is 0 Å². The van der Waals surface area contributed by atoms with E-state index in [-0.39, 0.29) is 6.10 Å². The highest BCUT2D eigenvalue weighted by atomic mass is 16.5. The van der Waals surface area contributed by atoms with Crippen LogP contribution in [0.25, 0.3) is 0 Å². The Hall–Kier alpha value is -0.810. The number of nitrogens with zero attached hydrogens (tertiary/aromatic N) is 2. The zero-order chi connectivity index (χ0) is 12.3. The lowest BCUT2D eigenvalue weighted by Gasteiger charge is -2.32. The van der Waals surface area contributed by atoms with E-state index >= 15 is 0 Å². The summed E-state index contributed by atoms with van der Waals surface area (Å²) >= 11 is 0. The third-order valence-corrected chi connectivity index (χ3v) is 3.63. The van der Waals surface area contributed by atoms with Crippen LogP contribution in [0.1, 0.15) is 32.6 Å². The van der Waals surface area contributed by atoms with Crippen LogP contribution >= 0.6 is 0 Å². The molecule has 1 aliphatic carbocycles. The summed E-state index contributed by atoms with van der Waals surface area (Å²) in [5.74, 6) is 0.542. The molecule has 2 fully saturated rings. The quantitative estimate of drug-likeness (QED) is 0.540. The van der Waals surface area contributed by atoms with Gasteiger partial charge in [-0.15, -0.1) is 0 Å². The largest absolute Gasteiger partial charge is 0.388 e. The molecule has 1 saturated heterocycles. The van der Waals surface area contributed by atoms with Crippen LogP contribution in [0.15, 0.2) is 4.99 Å². The lowest BCUT2D eigenvalue weighted by Crippen LogP contribution is -2.48. The lowest BCUT2D eigenvalue weighted by molar-refractivity contribution is 0.00492. The monoisotopic (exact) mass is 241 g/mol. The van der Waals surface area contributed by atoms with Gasteiger partial charge in [0.2, 0.25) is 0 Å². The van der Waals surface area contributed by atoms with Gasteiger partial charge in [0.05, 0.1) is 24.9 Å². The summed E-state index contributed by atoms with van der Waals surface area (Å²) in [4.78, 5) is 6.39. The number of guanidine groups is 1. The molecular weight excluding hydrogens is 218 g/mol. The van der Waals surface area contributed by atoms with E-state index in [9.17, 15) is 5.11 Å². The number of nitrogens with two attached hydrogens (primary N) is 1. The third-order valence-electron chi connectivity index (χ3n) is 3.63. The Balaban J connectivity index is 1.87. The van der Waals surface area contributed by atoms with Crippen LogP contribution in [0, 0.1) is 0 Å². The number of rotatable bonds is 2. The molecule has 2 rings (SSSR count). The summed E-state index contributed by atoms with van der Waals surface area (Å²) in [6.07, 6.45) is 4.10. The molecule has 1 atom stereocenters. The molecule has 0 aromatic heterocycles. The van der Waals surface area contributed by atoms with E-state index in [4.69, 9.17) is 10.5 Å². The molecule has 5 nitrogen and oxygen atoms in total. The van der Waals surface area contributed by atoms with Crippen LogP contribution in [-0.4, -0.2) is 53.9 Å². The fourth-order valence-electron chi connectivity index (χ4n) is 2.55. The zero-order valence-electron chi connectivity index (χ0n) is 10.6. The summed E-state index contributed by atoms with van der Waals surface area (Å²) in [5.41, 5.74) is 5.35. The number of hydrogen-bond acceptors (Lipinski definition) is 3. The predicted octanol–water partition coefficient (Wildman–Crippen LogP) is 0.327. The Kier molecular flexibility index (Phi) is 3.89. The normalized spacial score (nSPS) is 29.6. The van der Waals surface area contributed by atoms with Crippen LogP contribution in [0.5, 0.6) is 0 Å². The summed E-state index contributed by atoms with van der Waals surface area (Å²) < 4.78 is 5.45. The Bertz CT molecular complexity index is 287. The van der Waals surface area contributed by atoms with E-state index in [1.165, 1.54) is 0 Å². The topological polar surface area (TPSA) is 71.1 Å². The van der Waals surface area contributed by atoms with Crippen molar-refractivity contribution in [2.24, 2.45) is 10.7 Å². The van der Waals surface area contributed by atoms with Crippen molar-refractivity contribution in [3.05, 3.63) is 0 Å². The van der Waals surface area contributed by atoms with Crippen molar-refractivity contribution in [1.82, 2.24) is 4.90 Å². The number of morpholine rings is 1. The summed E-state index contributed by atoms with van der Waals surface area (Å²) in [6, 6.07) is 0. The third kappa shape index (κ3) is 3.33. The van der Waals surface area contributed by atoms with Gasteiger partial charge in [0.1, 0.15) is 0 Å². The second kappa shape index (κ2) is 5.23. The maximum Gasteiger partial charge on any atom is 0.191 e. The van der Waals surface area contributed by atoms with Crippen molar-refractivity contribution >= 4 is 5.96 Å². The van der Waals surface area contributed by atoms with Crippen LogP contribution in [0.3, 0.4) is 0 Å². The highest BCUT2D eigenvalue weighted by Gasteiger charge is 2.31. The number of aliphatic imine (C=N–C) groups is 1. The Labute approximate surface area is 103 Å². The molecule has 3 N–H and O–H groups in total. The standard InChI is InChI=1S/C12H23N3O2/c1-10-8-15(6-7-17-10)11(13)14-9-12(16)4-2-3-5-12/h10,16H,2-9H2,1H3,(H2,13,14). The van der Waals surface area contributed by atoms with Crippen molar-refractivity contribution in [2.45, 2.75) is 44.3 Å². The fraction of sp³-hybridized carbons (Fsp3) is 0.917. The number of ether oxygens (including phenoxy) is 1. The van der Waals surface area contributed by atoms with Crippen LogP contribution < -0.4 is 5.73 Å². The van der Waals surface area contributed by atoms with Crippen molar-refractivity contribution in [3.8, 4) is 0 Å². The van der Waals surface area contributed by atoms with E-state index in [0.717, 1.165) is 38.8 Å². The molecule has 98 valence electrons. The molecule has 0 amide bonds. The second-order valence-corrected chi connectivity index (χ2v) is 5.23. The first kappa shape index (κ1) is 12.6. The Morgan fingerprint density at radius 3 is 2.88 bits per heavy atom. The highest BCUT2D eigenvalue weighted by Crippen LogP contribution is 2.29. The summed E-state index contributed by atoms with van der Waals surface area (Å²) in [6.45, 7) is 4.74. The van der Waals surface area contributed by atoms with E-state index in [2.05, 4.69) is 4.99 Å². The smallest absolute Gasteiger partial charge is 0.191 e. The van der Waals surface area contributed by atoms with E-state index in [1.54, 1.807) is 0 Å². The van der Waals surface area contributed by atoms with Gasteiger partial charge in [0.25, 0.3) is 0 Å². The first-order chi connectivity index (χ1) is 8.09. The van der Waals surface area contributed by atoms with Gasteiger partial charge in [0, 0.05) is 13.1 Å². The molecule has 1 aliphatic heterocycles. The predicted molar refractivity (Wildman–Crippen MR) is 66.9 cm³/mol. The Morgan fingerprint density at radius 2 is 2.24 bits per heavy atom. The van der Waals surface area contributed by atoms with Crippen LogP contribution in [-0.2, 0) is 4.74 Å². The van der Waals surface area contributed by atoms with Gasteiger partial charge < -0.3 is 20.5 Å². The molecule has 0 spiro atoms. The van der Waals surface area contributed by atoms with Gasteiger partial charge >= 0.3 is 0 Å². The molecule has 0 aromatic carbocycles. The van der Waals surface area contributed by atoms with Gasteiger partial charge in [-0.25, -0.2) is 0 Å². The summed E-state index contributed by atoms with van der Waals surface area (Å²) in [7, 11) is 0. The second-order valence-electron chi connectivity index (χ2n) is 5.23.